The summed E-state index contributed by atoms with van der Waals surface area (Å²) in [7, 11) is 0.359. The third kappa shape index (κ3) is 7.83. The van der Waals surface area contributed by atoms with Gasteiger partial charge in [-0.25, -0.2) is 9.44 Å². The summed E-state index contributed by atoms with van der Waals surface area (Å²) in [6.45, 7) is 3.60. The highest BCUT2D eigenvalue weighted by Gasteiger charge is 2.27. The SMILES string of the molecule is Cc1n[nH]nc1CSCCN=C1NS(=O)(=O)NC1=NCCSCc1ccc(CN(C)C)o1. The van der Waals surface area contributed by atoms with Crippen molar-refractivity contribution < 1.29 is 12.8 Å². The number of thioether (sulfide) groups is 2. The van der Waals surface area contributed by atoms with Crippen molar-refractivity contribution in [2.24, 2.45) is 9.98 Å². The Balaban J connectivity index is 1.42. The molecule has 1 saturated heterocycles. The second-order valence-electron chi connectivity index (χ2n) is 7.23. The summed E-state index contributed by atoms with van der Waals surface area (Å²) in [6.07, 6.45) is 0. The minimum atomic E-state index is -3.64. The number of rotatable bonds is 12. The molecule has 3 rings (SSSR count). The fraction of sp³-hybridized carbons (Fsp3) is 0.556. The molecule has 1 aliphatic rings. The van der Waals surface area contributed by atoms with Crippen LogP contribution >= 0.6 is 23.5 Å². The van der Waals surface area contributed by atoms with Gasteiger partial charge in [0.1, 0.15) is 11.5 Å². The number of aryl methyl sites for hydroxylation is 1. The Kier molecular flexibility index (Phi) is 9.02. The van der Waals surface area contributed by atoms with Gasteiger partial charge in [-0.1, -0.05) is 0 Å². The molecule has 11 nitrogen and oxygen atoms in total. The fourth-order valence-corrected chi connectivity index (χ4v) is 5.15. The van der Waals surface area contributed by atoms with Gasteiger partial charge in [0.15, 0.2) is 11.7 Å². The zero-order valence-electron chi connectivity index (χ0n) is 18.3. The van der Waals surface area contributed by atoms with Gasteiger partial charge in [-0.05, 0) is 33.2 Å². The molecule has 14 heteroatoms. The van der Waals surface area contributed by atoms with E-state index in [1.807, 2.05) is 33.2 Å². The summed E-state index contributed by atoms with van der Waals surface area (Å²) in [5.74, 6) is 5.29. The van der Waals surface area contributed by atoms with Crippen LogP contribution in [0, 0.1) is 6.92 Å². The molecule has 0 spiro atoms. The van der Waals surface area contributed by atoms with Crippen molar-refractivity contribution >= 4 is 45.4 Å². The molecule has 2 aromatic rings. The number of furan rings is 1. The van der Waals surface area contributed by atoms with Crippen LogP contribution in [0.3, 0.4) is 0 Å². The molecule has 0 bridgehead atoms. The van der Waals surface area contributed by atoms with E-state index in [2.05, 4.69) is 39.7 Å². The van der Waals surface area contributed by atoms with Gasteiger partial charge in [-0.15, -0.1) is 0 Å². The van der Waals surface area contributed by atoms with E-state index in [9.17, 15) is 8.42 Å². The molecule has 0 amide bonds. The molecule has 3 heterocycles. The molecular weight excluding hydrogens is 472 g/mol. The van der Waals surface area contributed by atoms with Crippen molar-refractivity contribution in [3.05, 3.63) is 35.0 Å². The average molecular weight is 501 g/mol. The number of aromatic amines is 1. The lowest BCUT2D eigenvalue weighted by Gasteiger charge is -2.05. The molecule has 2 aromatic heterocycles. The molecule has 0 atom stereocenters. The van der Waals surface area contributed by atoms with Crippen LogP contribution < -0.4 is 9.44 Å². The Bertz CT molecular complexity index is 1050. The summed E-state index contributed by atoms with van der Waals surface area (Å²) in [6, 6.07) is 3.97. The minimum Gasteiger partial charge on any atom is -0.464 e. The maximum absolute atomic E-state index is 11.9. The molecule has 176 valence electrons. The van der Waals surface area contributed by atoms with Crippen molar-refractivity contribution in [1.82, 2.24) is 29.8 Å². The quantitative estimate of drug-likeness (QED) is 0.369. The molecule has 0 aliphatic carbocycles. The van der Waals surface area contributed by atoms with Gasteiger partial charge in [0.2, 0.25) is 0 Å². The van der Waals surface area contributed by atoms with E-state index in [0.717, 1.165) is 52.5 Å². The zero-order chi connectivity index (χ0) is 23.0. The molecule has 0 radical (unpaired) electrons. The summed E-state index contributed by atoms with van der Waals surface area (Å²) in [5.41, 5.74) is 1.79. The monoisotopic (exact) mass is 500 g/mol. The Morgan fingerprint density at radius 2 is 1.62 bits per heavy atom. The van der Waals surface area contributed by atoms with Gasteiger partial charge >= 0.3 is 10.2 Å². The summed E-state index contributed by atoms with van der Waals surface area (Å²) in [4.78, 5) is 10.8. The first-order chi connectivity index (χ1) is 15.3. The Morgan fingerprint density at radius 1 is 1.00 bits per heavy atom. The van der Waals surface area contributed by atoms with E-state index in [4.69, 9.17) is 4.42 Å². The number of aromatic nitrogens is 3. The normalized spacial score (nSPS) is 17.9. The number of aliphatic imine (C=N–C) groups is 2. The van der Waals surface area contributed by atoms with Crippen molar-refractivity contribution in [2.45, 2.75) is 25.0 Å². The number of nitrogens with zero attached hydrogens (tertiary/aromatic N) is 5. The summed E-state index contributed by atoms with van der Waals surface area (Å²) in [5, 5.41) is 10.7. The smallest absolute Gasteiger partial charge is 0.324 e. The fourth-order valence-electron chi connectivity index (χ4n) is 2.72. The lowest BCUT2D eigenvalue weighted by Crippen LogP contribution is -2.24. The standard InChI is InChI=1S/C18H28N8O3S3/c1-13-16(22-25-21-13)12-31-9-7-20-18-17(23-32(27,28)24-18)19-6-8-30-11-15-5-4-14(29-15)10-26(2)3/h4-5H,6-12H2,1-3H3,(H,19,23)(H,20,24)(H,21,22,25). The van der Waals surface area contributed by atoms with Gasteiger partial charge in [0.05, 0.1) is 36.8 Å². The maximum Gasteiger partial charge on any atom is 0.324 e. The van der Waals surface area contributed by atoms with Crippen molar-refractivity contribution in [3.8, 4) is 0 Å². The highest BCUT2D eigenvalue weighted by Crippen LogP contribution is 2.16. The molecule has 0 saturated carbocycles. The van der Waals surface area contributed by atoms with Gasteiger partial charge < -0.3 is 9.32 Å². The van der Waals surface area contributed by atoms with E-state index >= 15 is 0 Å². The average Bonchev–Trinajstić information content (AvgIpc) is 3.40. The third-order valence-corrected chi connectivity index (χ3v) is 7.02. The highest BCUT2D eigenvalue weighted by atomic mass is 32.2. The van der Waals surface area contributed by atoms with E-state index in [-0.39, 0.29) is 11.7 Å². The van der Waals surface area contributed by atoms with Crippen LogP contribution in [-0.4, -0.2) is 79.1 Å². The lowest BCUT2D eigenvalue weighted by atomic mass is 10.4. The number of H-pyrrole nitrogens is 1. The van der Waals surface area contributed by atoms with Crippen LogP contribution in [0.15, 0.2) is 26.5 Å². The van der Waals surface area contributed by atoms with E-state index in [1.165, 1.54) is 0 Å². The number of nitrogens with one attached hydrogen (secondary N) is 3. The molecule has 3 N–H and O–H groups in total. The molecule has 1 aliphatic heterocycles. The van der Waals surface area contributed by atoms with E-state index in [1.54, 1.807) is 23.5 Å². The van der Waals surface area contributed by atoms with Gasteiger partial charge in [0.25, 0.3) is 0 Å². The van der Waals surface area contributed by atoms with Crippen LogP contribution in [0.4, 0.5) is 0 Å². The first-order valence-corrected chi connectivity index (χ1v) is 13.8. The van der Waals surface area contributed by atoms with Crippen LogP contribution in [0.1, 0.15) is 22.9 Å². The van der Waals surface area contributed by atoms with Crippen LogP contribution in [0.5, 0.6) is 0 Å². The Morgan fingerprint density at radius 3 is 2.22 bits per heavy atom. The Hall–Kier alpha value is -2.03. The second kappa shape index (κ2) is 11.7. The van der Waals surface area contributed by atoms with Crippen molar-refractivity contribution in [3.63, 3.8) is 0 Å². The second-order valence-corrected chi connectivity index (χ2v) is 10.9. The van der Waals surface area contributed by atoms with Gasteiger partial charge in [-0.3, -0.25) is 9.98 Å². The molecule has 0 unspecified atom stereocenters. The number of amidine groups is 2. The van der Waals surface area contributed by atoms with E-state index in [0.29, 0.717) is 13.1 Å². The van der Waals surface area contributed by atoms with Crippen LogP contribution in [-0.2, 0) is 28.3 Å². The molecule has 1 fully saturated rings. The first kappa shape index (κ1) is 24.6. The molecule has 0 aromatic carbocycles. The lowest BCUT2D eigenvalue weighted by molar-refractivity contribution is 0.344. The van der Waals surface area contributed by atoms with Crippen molar-refractivity contribution in [2.75, 3.05) is 38.7 Å². The minimum absolute atomic E-state index is 0.257. The third-order valence-electron chi connectivity index (χ3n) is 4.19. The highest BCUT2D eigenvalue weighted by molar-refractivity contribution is 7.98. The van der Waals surface area contributed by atoms with Crippen LogP contribution in [0.2, 0.25) is 0 Å². The molecule has 32 heavy (non-hydrogen) atoms. The number of hydrogen-bond acceptors (Lipinski definition) is 10. The molecular formula is C18H28N8O3S3. The maximum atomic E-state index is 11.9. The zero-order valence-corrected chi connectivity index (χ0v) is 20.7. The Labute approximate surface area is 196 Å². The predicted octanol–water partition coefficient (Wildman–Crippen LogP) is 1.17. The topological polar surface area (TPSA) is 141 Å². The van der Waals surface area contributed by atoms with Crippen LogP contribution in [0.25, 0.3) is 0 Å². The summed E-state index contributed by atoms with van der Waals surface area (Å²) < 4.78 is 34.3. The first-order valence-electron chi connectivity index (χ1n) is 9.96. The summed E-state index contributed by atoms with van der Waals surface area (Å²) >= 11 is 3.33. The van der Waals surface area contributed by atoms with Gasteiger partial charge in [0, 0.05) is 17.3 Å². The van der Waals surface area contributed by atoms with Gasteiger partial charge in [-0.2, -0.15) is 47.4 Å². The van der Waals surface area contributed by atoms with Crippen molar-refractivity contribution in [1.29, 1.82) is 0 Å². The van der Waals surface area contributed by atoms with E-state index < -0.39 is 10.2 Å². The largest absolute Gasteiger partial charge is 0.464 e. The number of hydrogen-bond donors (Lipinski definition) is 3. The predicted molar refractivity (Wildman–Crippen MR) is 129 cm³/mol.